The van der Waals surface area contributed by atoms with Crippen LogP contribution in [-0.4, -0.2) is 52.0 Å². The number of carbonyl (C=O) groups excluding carboxylic acids is 1. The standard InChI is InChI=1S/C14H21N3O4/c1-17(2)14(18)16-5-4-15-8-10-6-11(19-3)13-12(7-10)20-9-21-13/h6-7,15H,4-5,8-9H2,1-3H3,(H,16,18). The summed E-state index contributed by atoms with van der Waals surface area (Å²) in [7, 11) is 5.02. The number of amides is 2. The Morgan fingerprint density at radius 1 is 1.33 bits per heavy atom. The Balaban J connectivity index is 1.80. The van der Waals surface area contributed by atoms with E-state index in [-0.39, 0.29) is 12.8 Å². The first kappa shape index (κ1) is 15.2. The summed E-state index contributed by atoms with van der Waals surface area (Å²) in [6.45, 7) is 2.12. The molecule has 0 aromatic heterocycles. The number of ether oxygens (including phenoxy) is 3. The van der Waals surface area contributed by atoms with Crippen LogP contribution in [0.4, 0.5) is 4.79 Å². The number of hydrogen-bond acceptors (Lipinski definition) is 5. The van der Waals surface area contributed by atoms with Crippen molar-refractivity contribution in [3.05, 3.63) is 17.7 Å². The van der Waals surface area contributed by atoms with Crippen LogP contribution in [0.2, 0.25) is 0 Å². The Hall–Kier alpha value is -2.15. The largest absolute Gasteiger partial charge is 0.493 e. The Kier molecular flexibility index (Phi) is 5.10. The molecule has 0 aliphatic carbocycles. The lowest BCUT2D eigenvalue weighted by Crippen LogP contribution is -2.38. The molecule has 0 spiro atoms. The highest BCUT2D eigenvalue weighted by Gasteiger charge is 2.19. The van der Waals surface area contributed by atoms with E-state index in [1.807, 2.05) is 12.1 Å². The highest BCUT2D eigenvalue weighted by Crippen LogP contribution is 2.41. The Labute approximate surface area is 124 Å². The molecule has 7 nitrogen and oxygen atoms in total. The Bertz CT molecular complexity index is 505. The smallest absolute Gasteiger partial charge is 0.316 e. The zero-order valence-corrected chi connectivity index (χ0v) is 12.6. The van der Waals surface area contributed by atoms with Crippen LogP contribution in [0.25, 0.3) is 0 Å². The zero-order valence-electron chi connectivity index (χ0n) is 12.6. The van der Waals surface area contributed by atoms with Gasteiger partial charge in [0, 0.05) is 33.7 Å². The average Bonchev–Trinajstić information content (AvgIpc) is 2.93. The molecule has 21 heavy (non-hydrogen) atoms. The molecule has 1 aromatic carbocycles. The van der Waals surface area contributed by atoms with Gasteiger partial charge >= 0.3 is 6.03 Å². The van der Waals surface area contributed by atoms with Crippen molar-refractivity contribution in [1.82, 2.24) is 15.5 Å². The van der Waals surface area contributed by atoms with Gasteiger partial charge in [0.15, 0.2) is 11.5 Å². The second-order valence-electron chi connectivity index (χ2n) is 4.83. The average molecular weight is 295 g/mol. The van der Waals surface area contributed by atoms with E-state index in [1.54, 1.807) is 21.2 Å². The summed E-state index contributed by atoms with van der Waals surface area (Å²) in [5.74, 6) is 2.02. The maximum atomic E-state index is 11.3. The molecule has 116 valence electrons. The molecule has 2 amide bonds. The molecule has 1 aliphatic rings. The van der Waals surface area contributed by atoms with Gasteiger partial charge in [-0.3, -0.25) is 0 Å². The number of benzene rings is 1. The van der Waals surface area contributed by atoms with Gasteiger partial charge in [-0.2, -0.15) is 0 Å². The van der Waals surface area contributed by atoms with E-state index >= 15 is 0 Å². The molecule has 1 heterocycles. The van der Waals surface area contributed by atoms with Crippen LogP contribution in [0.15, 0.2) is 12.1 Å². The van der Waals surface area contributed by atoms with E-state index in [9.17, 15) is 4.79 Å². The molecule has 0 atom stereocenters. The first-order valence-corrected chi connectivity index (χ1v) is 6.74. The molecule has 0 fully saturated rings. The molecule has 0 unspecified atom stereocenters. The number of rotatable bonds is 6. The number of urea groups is 1. The third kappa shape index (κ3) is 3.91. The molecule has 0 bridgehead atoms. The van der Waals surface area contributed by atoms with Crippen molar-refractivity contribution in [3.8, 4) is 17.2 Å². The molecule has 0 radical (unpaired) electrons. The van der Waals surface area contributed by atoms with E-state index in [2.05, 4.69) is 10.6 Å². The molecule has 0 saturated carbocycles. The van der Waals surface area contributed by atoms with Crippen molar-refractivity contribution in [1.29, 1.82) is 0 Å². The second kappa shape index (κ2) is 7.03. The first-order chi connectivity index (χ1) is 10.1. The third-order valence-electron chi connectivity index (χ3n) is 3.03. The van der Waals surface area contributed by atoms with E-state index in [1.165, 1.54) is 4.90 Å². The number of nitrogens with zero attached hydrogens (tertiary/aromatic N) is 1. The van der Waals surface area contributed by atoms with Crippen LogP contribution in [0.1, 0.15) is 5.56 Å². The van der Waals surface area contributed by atoms with Crippen molar-refractivity contribution in [2.24, 2.45) is 0 Å². The van der Waals surface area contributed by atoms with Crippen LogP contribution >= 0.6 is 0 Å². The minimum Gasteiger partial charge on any atom is -0.493 e. The predicted octanol–water partition coefficient (Wildman–Crippen LogP) is 0.785. The molecular formula is C14H21N3O4. The summed E-state index contributed by atoms with van der Waals surface area (Å²) in [4.78, 5) is 12.8. The van der Waals surface area contributed by atoms with Gasteiger partial charge in [-0.25, -0.2) is 4.79 Å². The minimum atomic E-state index is -0.0958. The van der Waals surface area contributed by atoms with Crippen molar-refractivity contribution >= 4 is 6.03 Å². The minimum absolute atomic E-state index is 0.0958. The number of hydrogen-bond donors (Lipinski definition) is 2. The molecule has 1 aromatic rings. The van der Waals surface area contributed by atoms with Crippen LogP contribution in [0.5, 0.6) is 17.2 Å². The fraction of sp³-hybridized carbons (Fsp3) is 0.500. The summed E-state index contributed by atoms with van der Waals surface area (Å²) in [6.07, 6.45) is 0. The van der Waals surface area contributed by atoms with Crippen LogP contribution in [0.3, 0.4) is 0 Å². The van der Waals surface area contributed by atoms with Gasteiger partial charge in [-0.15, -0.1) is 0 Å². The van der Waals surface area contributed by atoms with E-state index in [0.29, 0.717) is 36.9 Å². The van der Waals surface area contributed by atoms with E-state index in [4.69, 9.17) is 14.2 Å². The van der Waals surface area contributed by atoms with Crippen molar-refractivity contribution in [2.45, 2.75) is 6.54 Å². The molecule has 1 aliphatic heterocycles. The van der Waals surface area contributed by atoms with Gasteiger partial charge in [0.05, 0.1) is 7.11 Å². The van der Waals surface area contributed by atoms with Crippen molar-refractivity contribution in [2.75, 3.05) is 41.1 Å². The lowest BCUT2D eigenvalue weighted by molar-refractivity contribution is 0.171. The van der Waals surface area contributed by atoms with Crippen molar-refractivity contribution in [3.63, 3.8) is 0 Å². The zero-order chi connectivity index (χ0) is 15.2. The van der Waals surface area contributed by atoms with Crippen LogP contribution in [-0.2, 0) is 6.54 Å². The lowest BCUT2D eigenvalue weighted by Gasteiger charge is -2.12. The number of carbonyl (C=O) groups is 1. The number of nitrogens with one attached hydrogen (secondary N) is 2. The van der Waals surface area contributed by atoms with Gasteiger partial charge in [0.2, 0.25) is 12.5 Å². The predicted molar refractivity (Wildman–Crippen MR) is 77.9 cm³/mol. The van der Waals surface area contributed by atoms with Crippen LogP contribution in [0, 0.1) is 0 Å². The topological polar surface area (TPSA) is 72.1 Å². The summed E-state index contributed by atoms with van der Waals surface area (Å²) < 4.78 is 16.0. The SMILES string of the molecule is COc1cc(CNCCNC(=O)N(C)C)cc2c1OCO2. The normalized spacial score (nSPS) is 12.1. The highest BCUT2D eigenvalue weighted by atomic mass is 16.7. The summed E-state index contributed by atoms with van der Waals surface area (Å²) in [6, 6.07) is 3.75. The van der Waals surface area contributed by atoms with E-state index in [0.717, 1.165) is 5.56 Å². The first-order valence-electron chi connectivity index (χ1n) is 6.74. The third-order valence-corrected chi connectivity index (χ3v) is 3.03. The lowest BCUT2D eigenvalue weighted by atomic mass is 10.2. The Morgan fingerprint density at radius 3 is 2.86 bits per heavy atom. The number of fused-ring (bicyclic) bond motifs is 1. The van der Waals surface area contributed by atoms with Crippen LogP contribution < -0.4 is 24.8 Å². The second-order valence-corrected chi connectivity index (χ2v) is 4.83. The van der Waals surface area contributed by atoms with Gasteiger partial charge in [0.1, 0.15) is 0 Å². The summed E-state index contributed by atoms with van der Waals surface area (Å²) in [5.41, 5.74) is 1.04. The monoisotopic (exact) mass is 295 g/mol. The van der Waals surface area contributed by atoms with Gasteiger partial charge in [0.25, 0.3) is 0 Å². The van der Waals surface area contributed by atoms with Crippen molar-refractivity contribution < 1.29 is 19.0 Å². The maximum Gasteiger partial charge on any atom is 0.316 e. The summed E-state index contributed by atoms with van der Waals surface area (Å²) in [5, 5.41) is 6.04. The van der Waals surface area contributed by atoms with Gasteiger partial charge < -0.3 is 29.7 Å². The Morgan fingerprint density at radius 2 is 2.14 bits per heavy atom. The molecule has 0 saturated heterocycles. The molecule has 2 rings (SSSR count). The maximum absolute atomic E-state index is 11.3. The number of methoxy groups -OCH3 is 1. The fourth-order valence-electron chi connectivity index (χ4n) is 1.93. The van der Waals surface area contributed by atoms with Gasteiger partial charge in [-0.05, 0) is 17.7 Å². The quantitative estimate of drug-likeness (QED) is 0.759. The molecule has 2 N–H and O–H groups in total. The fourth-order valence-corrected chi connectivity index (χ4v) is 1.93. The molecule has 7 heteroatoms. The van der Waals surface area contributed by atoms with E-state index < -0.39 is 0 Å². The summed E-state index contributed by atoms with van der Waals surface area (Å²) >= 11 is 0. The van der Waals surface area contributed by atoms with Gasteiger partial charge in [-0.1, -0.05) is 0 Å². The highest BCUT2D eigenvalue weighted by molar-refractivity contribution is 5.73. The molecular weight excluding hydrogens is 274 g/mol.